The Balaban J connectivity index is 2.26. The molecule has 2 heteroatoms. The number of allylic oxidation sites excluding steroid dienone is 1. The monoisotopic (exact) mass is 163 g/mol. The summed E-state index contributed by atoms with van der Waals surface area (Å²) in [5, 5.41) is 0. The number of likely N-dealkylation sites (N-methyl/N-ethyl adjacent to an activating group) is 1. The van der Waals surface area contributed by atoms with E-state index >= 15 is 0 Å². The summed E-state index contributed by atoms with van der Waals surface area (Å²) in [6, 6.07) is 0. The van der Waals surface area contributed by atoms with Gasteiger partial charge in [0.05, 0.1) is 0 Å². The van der Waals surface area contributed by atoms with E-state index in [9.17, 15) is 4.79 Å². The lowest BCUT2D eigenvalue weighted by Crippen LogP contribution is -2.26. The number of nitrogens with zero attached hydrogens (tertiary/aromatic N) is 1. The van der Waals surface area contributed by atoms with Gasteiger partial charge in [0.2, 0.25) is 0 Å². The average molecular weight is 163 g/mol. The van der Waals surface area contributed by atoms with E-state index in [1.807, 2.05) is 17.9 Å². The van der Waals surface area contributed by atoms with Crippen molar-refractivity contribution in [3.8, 4) is 0 Å². The number of carbonyl (C=O) groups excluding carboxylic acids is 1. The molecule has 0 aromatic rings. The van der Waals surface area contributed by atoms with Crippen LogP contribution in [0.4, 0.5) is 0 Å². The first-order chi connectivity index (χ1) is 5.83. The van der Waals surface area contributed by atoms with Gasteiger partial charge < -0.3 is 4.90 Å². The molecule has 0 bridgehead atoms. The zero-order valence-corrected chi connectivity index (χ0v) is 7.34. The van der Waals surface area contributed by atoms with Crippen molar-refractivity contribution in [3.05, 3.63) is 23.3 Å². The lowest BCUT2D eigenvalue weighted by atomic mass is 10.0. The largest absolute Gasteiger partial charge is 0.335 e. The van der Waals surface area contributed by atoms with Crippen LogP contribution in [0.5, 0.6) is 0 Å². The molecule has 64 valence electrons. The molecular formula is C10H13NO. The number of rotatable bonds is 1. The summed E-state index contributed by atoms with van der Waals surface area (Å²) < 4.78 is 0. The van der Waals surface area contributed by atoms with Crippen LogP contribution in [-0.4, -0.2) is 23.9 Å². The zero-order chi connectivity index (χ0) is 8.55. The van der Waals surface area contributed by atoms with Crippen molar-refractivity contribution < 1.29 is 4.79 Å². The summed E-state index contributed by atoms with van der Waals surface area (Å²) >= 11 is 0. The highest BCUT2D eigenvalue weighted by Gasteiger charge is 2.27. The highest BCUT2D eigenvalue weighted by Crippen LogP contribution is 2.27. The Morgan fingerprint density at radius 2 is 2.42 bits per heavy atom. The Hall–Kier alpha value is -1.05. The summed E-state index contributed by atoms with van der Waals surface area (Å²) in [5.74, 6) is 0.225. The minimum atomic E-state index is 0.225. The third kappa shape index (κ3) is 0.986. The van der Waals surface area contributed by atoms with Gasteiger partial charge in [0.25, 0.3) is 5.91 Å². The van der Waals surface area contributed by atoms with Gasteiger partial charge in [-0.2, -0.15) is 0 Å². The molecule has 1 aliphatic carbocycles. The molecule has 0 atom stereocenters. The van der Waals surface area contributed by atoms with Crippen molar-refractivity contribution >= 4 is 5.91 Å². The molecular weight excluding hydrogens is 150 g/mol. The van der Waals surface area contributed by atoms with Crippen LogP contribution in [-0.2, 0) is 4.79 Å². The molecule has 0 unspecified atom stereocenters. The van der Waals surface area contributed by atoms with Gasteiger partial charge in [-0.3, -0.25) is 4.79 Å². The number of hydrogen-bond acceptors (Lipinski definition) is 1. The molecule has 2 nitrogen and oxygen atoms in total. The van der Waals surface area contributed by atoms with Crippen LogP contribution in [0.1, 0.15) is 19.8 Å². The predicted molar refractivity (Wildman–Crippen MR) is 47.7 cm³/mol. The van der Waals surface area contributed by atoms with Gasteiger partial charge in [0, 0.05) is 18.7 Å². The molecule has 0 aromatic carbocycles. The van der Waals surface area contributed by atoms with Gasteiger partial charge in [-0.05, 0) is 25.3 Å². The first kappa shape index (κ1) is 7.59. The Morgan fingerprint density at radius 3 is 3.08 bits per heavy atom. The maximum atomic E-state index is 11.6. The van der Waals surface area contributed by atoms with Crippen LogP contribution >= 0.6 is 0 Å². The molecule has 0 saturated heterocycles. The summed E-state index contributed by atoms with van der Waals surface area (Å²) in [4.78, 5) is 13.5. The first-order valence-electron chi connectivity index (χ1n) is 4.50. The van der Waals surface area contributed by atoms with Crippen molar-refractivity contribution in [1.82, 2.24) is 4.90 Å². The van der Waals surface area contributed by atoms with Gasteiger partial charge in [-0.15, -0.1) is 0 Å². The minimum Gasteiger partial charge on any atom is -0.335 e. The molecule has 12 heavy (non-hydrogen) atoms. The Kier molecular flexibility index (Phi) is 1.75. The van der Waals surface area contributed by atoms with Gasteiger partial charge >= 0.3 is 0 Å². The molecule has 0 saturated carbocycles. The molecule has 0 N–H and O–H groups in total. The molecule has 0 aromatic heterocycles. The second kappa shape index (κ2) is 2.77. The van der Waals surface area contributed by atoms with E-state index in [4.69, 9.17) is 0 Å². The highest BCUT2D eigenvalue weighted by atomic mass is 16.2. The van der Waals surface area contributed by atoms with Crippen LogP contribution in [0.15, 0.2) is 23.3 Å². The smallest absolute Gasteiger partial charge is 0.254 e. The summed E-state index contributed by atoms with van der Waals surface area (Å²) in [7, 11) is 0. The lowest BCUT2D eigenvalue weighted by molar-refractivity contribution is -0.124. The Labute approximate surface area is 72.6 Å². The number of amides is 1. The van der Waals surface area contributed by atoms with E-state index in [0.717, 1.165) is 31.5 Å². The van der Waals surface area contributed by atoms with E-state index in [1.54, 1.807) is 0 Å². The minimum absolute atomic E-state index is 0.225. The summed E-state index contributed by atoms with van der Waals surface area (Å²) in [6.07, 6.45) is 6.25. The normalized spacial score (nSPS) is 22.1. The second-order valence-electron chi connectivity index (χ2n) is 3.28. The molecule has 1 heterocycles. The average Bonchev–Trinajstić information content (AvgIpc) is 2.44. The van der Waals surface area contributed by atoms with Crippen molar-refractivity contribution in [2.45, 2.75) is 19.8 Å². The number of carbonyl (C=O) groups is 1. The quantitative estimate of drug-likeness (QED) is 0.573. The van der Waals surface area contributed by atoms with Gasteiger partial charge in [-0.25, -0.2) is 0 Å². The van der Waals surface area contributed by atoms with Crippen LogP contribution < -0.4 is 0 Å². The first-order valence-corrected chi connectivity index (χ1v) is 4.50. The second-order valence-corrected chi connectivity index (χ2v) is 3.28. The van der Waals surface area contributed by atoms with Gasteiger partial charge in [0.1, 0.15) is 0 Å². The fourth-order valence-corrected chi connectivity index (χ4v) is 1.83. The predicted octanol–water partition coefficient (Wildman–Crippen LogP) is 1.50. The molecule has 0 radical (unpaired) electrons. The van der Waals surface area contributed by atoms with Crippen molar-refractivity contribution in [2.24, 2.45) is 0 Å². The molecule has 1 amide bonds. The molecule has 2 rings (SSSR count). The summed E-state index contributed by atoms with van der Waals surface area (Å²) in [6.45, 7) is 3.73. The van der Waals surface area contributed by atoms with E-state index in [1.165, 1.54) is 5.57 Å². The van der Waals surface area contributed by atoms with Crippen LogP contribution in [0.3, 0.4) is 0 Å². The Bertz CT molecular complexity index is 276. The SMILES string of the molecule is CCN1CC2=C(C=CCC2)C1=O. The van der Waals surface area contributed by atoms with Gasteiger partial charge in [-0.1, -0.05) is 12.2 Å². The standard InChI is InChI=1S/C10H13NO/c1-2-11-7-8-5-3-4-6-9(8)10(11)12/h4,6H,2-3,5,7H2,1H3. The highest BCUT2D eigenvalue weighted by molar-refractivity contribution is 5.99. The van der Waals surface area contributed by atoms with Crippen molar-refractivity contribution in [2.75, 3.05) is 13.1 Å². The lowest BCUT2D eigenvalue weighted by Gasteiger charge is -2.12. The van der Waals surface area contributed by atoms with Crippen molar-refractivity contribution in [3.63, 3.8) is 0 Å². The van der Waals surface area contributed by atoms with Crippen LogP contribution in [0.2, 0.25) is 0 Å². The third-order valence-corrected chi connectivity index (χ3v) is 2.56. The van der Waals surface area contributed by atoms with E-state index < -0.39 is 0 Å². The molecule has 1 aliphatic heterocycles. The van der Waals surface area contributed by atoms with Crippen molar-refractivity contribution in [1.29, 1.82) is 0 Å². The van der Waals surface area contributed by atoms with Gasteiger partial charge in [0.15, 0.2) is 0 Å². The van der Waals surface area contributed by atoms with E-state index in [2.05, 4.69) is 6.08 Å². The zero-order valence-electron chi connectivity index (χ0n) is 7.34. The molecule has 2 aliphatic rings. The summed E-state index contributed by atoms with van der Waals surface area (Å²) in [5.41, 5.74) is 2.30. The fraction of sp³-hybridized carbons (Fsp3) is 0.500. The maximum absolute atomic E-state index is 11.6. The van der Waals surface area contributed by atoms with E-state index in [0.29, 0.717) is 0 Å². The van der Waals surface area contributed by atoms with Crippen LogP contribution in [0.25, 0.3) is 0 Å². The fourth-order valence-electron chi connectivity index (χ4n) is 1.83. The Morgan fingerprint density at radius 1 is 1.58 bits per heavy atom. The molecule has 0 fully saturated rings. The van der Waals surface area contributed by atoms with E-state index in [-0.39, 0.29) is 5.91 Å². The maximum Gasteiger partial charge on any atom is 0.254 e. The number of hydrogen-bond donors (Lipinski definition) is 0. The third-order valence-electron chi connectivity index (χ3n) is 2.56. The topological polar surface area (TPSA) is 20.3 Å². The molecule has 0 spiro atoms. The van der Waals surface area contributed by atoms with Crippen LogP contribution in [0, 0.1) is 0 Å².